The number of β-lactam (4-membered cyclic amide) rings is 1. The molecule has 0 aromatic heterocycles. The number of anilines is 3. The van der Waals surface area contributed by atoms with Gasteiger partial charge in [-0.25, -0.2) is 4.39 Å². The molecule has 11 nitrogen and oxygen atoms in total. The minimum atomic E-state index is -0.611. The number of hydrogen-bond acceptors (Lipinski definition) is 8. The van der Waals surface area contributed by atoms with Crippen LogP contribution in [-0.2, 0) is 20.9 Å². The molecule has 5 aliphatic heterocycles. The van der Waals surface area contributed by atoms with E-state index in [4.69, 9.17) is 4.74 Å². The molecule has 1 spiro atoms. The van der Waals surface area contributed by atoms with Crippen molar-refractivity contribution in [1.29, 1.82) is 0 Å². The first-order chi connectivity index (χ1) is 26.7. The lowest BCUT2D eigenvalue weighted by Gasteiger charge is -2.55. The normalized spacial score (nSPS) is 24.4. The number of nitrogens with zero attached hydrogens (tertiary/aromatic N) is 5. The summed E-state index contributed by atoms with van der Waals surface area (Å²) in [7, 11) is 1.64. The number of ether oxygens (including phenoxy) is 1. The van der Waals surface area contributed by atoms with E-state index in [1.54, 1.807) is 18.1 Å². The maximum atomic E-state index is 16.2. The number of carbonyl (C=O) groups excluding carboxylic acids is 4. The molecule has 0 bridgehead atoms. The Morgan fingerprint density at radius 1 is 0.836 bits per heavy atom. The summed E-state index contributed by atoms with van der Waals surface area (Å²) in [4.78, 5) is 61.4. The van der Waals surface area contributed by atoms with Crippen molar-refractivity contribution >= 4 is 40.7 Å². The minimum Gasteiger partial charge on any atom is -0.496 e. The molecule has 288 valence electrons. The molecule has 2 atom stereocenters. The van der Waals surface area contributed by atoms with Crippen molar-refractivity contribution in [3.8, 4) is 5.75 Å². The topological polar surface area (TPSA) is 106 Å². The molecule has 4 saturated heterocycles. The maximum Gasteiger partial charge on any atom is 0.255 e. The molecule has 5 heterocycles. The van der Waals surface area contributed by atoms with Gasteiger partial charge in [-0.3, -0.25) is 29.4 Å². The van der Waals surface area contributed by atoms with Gasteiger partial charge in [0.05, 0.1) is 24.3 Å². The van der Waals surface area contributed by atoms with Gasteiger partial charge in [0, 0.05) is 87.3 Å². The Morgan fingerprint density at radius 2 is 1.58 bits per heavy atom. The highest BCUT2D eigenvalue weighted by atomic mass is 19.1. The molecule has 0 unspecified atom stereocenters. The highest BCUT2D eigenvalue weighted by Gasteiger charge is 2.63. The van der Waals surface area contributed by atoms with Gasteiger partial charge in [-0.05, 0) is 80.0 Å². The lowest BCUT2D eigenvalue weighted by molar-refractivity contribution is -0.140. The number of amides is 4. The fraction of sp³-hybridized carbons (Fsp3) is 0.488. The summed E-state index contributed by atoms with van der Waals surface area (Å²) in [6, 6.07) is 18.3. The molecule has 1 N–H and O–H groups in total. The minimum absolute atomic E-state index is 0.136. The van der Waals surface area contributed by atoms with Crippen LogP contribution >= 0.6 is 0 Å². The van der Waals surface area contributed by atoms with Gasteiger partial charge >= 0.3 is 0 Å². The fourth-order valence-corrected chi connectivity index (χ4v) is 10.3. The van der Waals surface area contributed by atoms with E-state index in [0.29, 0.717) is 35.9 Å². The number of carbonyl (C=O) groups is 4. The summed E-state index contributed by atoms with van der Waals surface area (Å²) in [6.07, 6.45) is 6.21. The first-order valence-electron chi connectivity index (χ1n) is 20.0. The Hall–Kier alpha value is -4.97. The van der Waals surface area contributed by atoms with Gasteiger partial charge in [0.2, 0.25) is 17.7 Å². The van der Waals surface area contributed by atoms with E-state index < -0.39 is 17.4 Å². The highest BCUT2D eigenvalue weighted by Crippen LogP contribution is 2.61. The molecule has 3 aromatic carbocycles. The average molecular weight is 749 g/mol. The Labute approximate surface area is 321 Å². The lowest BCUT2D eigenvalue weighted by atomic mass is 9.66. The number of halogens is 1. The molecular weight excluding hydrogens is 700 g/mol. The van der Waals surface area contributed by atoms with Crippen molar-refractivity contribution < 1.29 is 28.3 Å². The zero-order chi connectivity index (χ0) is 37.8. The molecule has 1 saturated carbocycles. The molecular formula is C43H49FN6O5. The Morgan fingerprint density at radius 3 is 2.29 bits per heavy atom. The van der Waals surface area contributed by atoms with E-state index in [1.807, 2.05) is 53.4 Å². The van der Waals surface area contributed by atoms with Crippen LogP contribution in [-0.4, -0.2) is 92.4 Å². The number of nitrogens with one attached hydrogen (secondary N) is 1. The molecule has 0 radical (unpaired) electrons. The van der Waals surface area contributed by atoms with E-state index in [1.165, 1.54) is 0 Å². The molecule has 12 heteroatoms. The molecule has 4 amide bonds. The molecule has 5 fully saturated rings. The van der Waals surface area contributed by atoms with Crippen LogP contribution in [0, 0.1) is 17.2 Å². The molecule has 3 aromatic rings. The van der Waals surface area contributed by atoms with Gasteiger partial charge in [-0.15, -0.1) is 0 Å². The van der Waals surface area contributed by atoms with Gasteiger partial charge in [0.1, 0.15) is 17.6 Å². The standard InChI is InChI=1S/C43H49FN6O5/c1-55-37-25-36(34(44)24-33(37)39-43(15-5-6-16-43)42(54)50(39)30-7-3-2-4-8-30)48-17-13-28(14-18-48)26-46-19-21-47(22-20-46)31-9-10-32-29(23-31)27-49(41(32)53)35-11-12-38(51)45-40(35)52/h2-4,7-10,23-25,28,35,39H,5-6,11-22,26-27H2,1H3,(H,45,51,52)/t35-,39-/m0/s1. The third kappa shape index (κ3) is 6.22. The van der Waals surface area contributed by atoms with Crippen LogP contribution in [0.5, 0.6) is 5.75 Å². The highest BCUT2D eigenvalue weighted by molar-refractivity contribution is 6.07. The number of piperazine rings is 1. The van der Waals surface area contributed by atoms with Gasteiger partial charge in [-0.2, -0.15) is 0 Å². The summed E-state index contributed by atoms with van der Waals surface area (Å²) < 4.78 is 22.1. The molecule has 6 aliphatic rings. The first-order valence-corrected chi connectivity index (χ1v) is 20.0. The van der Waals surface area contributed by atoms with E-state index in [9.17, 15) is 19.2 Å². The number of benzene rings is 3. The number of piperidine rings is 2. The fourth-order valence-electron chi connectivity index (χ4n) is 10.3. The van der Waals surface area contributed by atoms with E-state index in [2.05, 4.69) is 26.1 Å². The lowest BCUT2D eigenvalue weighted by Crippen LogP contribution is -2.62. The monoisotopic (exact) mass is 748 g/mol. The Kier molecular flexibility index (Phi) is 9.27. The number of hydrogen-bond donors (Lipinski definition) is 1. The third-order valence-electron chi connectivity index (χ3n) is 13.3. The second-order valence-electron chi connectivity index (χ2n) is 16.3. The smallest absolute Gasteiger partial charge is 0.255 e. The van der Waals surface area contributed by atoms with Crippen LogP contribution in [0.1, 0.15) is 78.9 Å². The summed E-state index contributed by atoms with van der Waals surface area (Å²) in [5.74, 6) is 0.221. The second-order valence-corrected chi connectivity index (χ2v) is 16.3. The van der Waals surface area contributed by atoms with E-state index in [-0.39, 0.29) is 36.0 Å². The van der Waals surface area contributed by atoms with Crippen molar-refractivity contribution in [2.24, 2.45) is 11.3 Å². The van der Waals surface area contributed by atoms with Gasteiger partial charge < -0.3 is 24.3 Å². The van der Waals surface area contributed by atoms with Crippen molar-refractivity contribution in [3.63, 3.8) is 0 Å². The number of para-hydroxylation sites is 1. The SMILES string of the molecule is COc1cc(N2CCC(CN3CCN(c4ccc5c(c4)CN([C@H]4CCC(=O)NC4=O)C5=O)CC3)CC2)c(F)cc1[C@@H]1N(c2ccccc2)C(=O)C12CCCC2. The summed E-state index contributed by atoms with van der Waals surface area (Å²) in [5, 5.41) is 2.37. The predicted molar refractivity (Wildman–Crippen MR) is 207 cm³/mol. The first kappa shape index (κ1) is 35.7. The third-order valence-corrected chi connectivity index (χ3v) is 13.3. The Balaban J connectivity index is 0.804. The van der Waals surface area contributed by atoms with E-state index in [0.717, 1.165) is 107 Å². The molecule has 55 heavy (non-hydrogen) atoms. The van der Waals surface area contributed by atoms with Crippen LogP contribution in [0.25, 0.3) is 0 Å². The van der Waals surface area contributed by atoms with Crippen molar-refractivity contribution in [3.05, 3.63) is 83.2 Å². The van der Waals surface area contributed by atoms with Gasteiger partial charge in [0.25, 0.3) is 5.91 Å². The Bertz CT molecular complexity index is 2000. The van der Waals surface area contributed by atoms with Crippen LogP contribution < -0.4 is 24.8 Å². The predicted octanol–water partition coefficient (Wildman–Crippen LogP) is 5.28. The van der Waals surface area contributed by atoms with Crippen LogP contribution in [0.3, 0.4) is 0 Å². The van der Waals surface area contributed by atoms with E-state index >= 15 is 4.39 Å². The number of methoxy groups -OCH3 is 1. The van der Waals surface area contributed by atoms with Gasteiger partial charge in [-0.1, -0.05) is 31.0 Å². The largest absolute Gasteiger partial charge is 0.496 e. The van der Waals surface area contributed by atoms with Crippen LogP contribution in [0.15, 0.2) is 60.7 Å². The van der Waals surface area contributed by atoms with Gasteiger partial charge in [0.15, 0.2) is 0 Å². The number of imide groups is 1. The molecule has 1 aliphatic carbocycles. The van der Waals surface area contributed by atoms with Crippen LogP contribution in [0.4, 0.5) is 21.5 Å². The second kappa shape index (κ2) is 14.3. The average Bonchev–Trinajstić information content (AvgIpc) is 3.84. The van der Waals surface area contributed by atoms with Crippen LogP contribution in [0.2, 0.25) is 0 Å². The molecule has 9 rings (SSSR count). The zero-order valence-electron chi connectivity index (χ0n) is 31.5. The van der Waals surface area contributed by atoms with Crippen molar-refractivity contribution in [2.75, 3.05) is 67.6 Å². The quantitative estimate of drug-likeness (QED) is 0.245. The number of rotatable bonds is 8. The summed E-state index contributed by atoms with van der Waals surface area (Å²) in [6.45, 7) is 6.59. The summed E-state index contributed by atoms with van der Waals surface area (Å²) >= 11 is 0. The van der Waals surface area contributed by atoms with Crippen molar-refractivity contribution in [2.45, 2.75) is 70.0 Å². The zero-order valence-corrected chi connectivity index (χ0v) is 31.5. The maximum absolute atomic E-state index is 16.2. The number of fused-ring (bicyclic) bond motifs is 1. The van der Waals surface area contributed by atoms with Crippen molar-refractivity contribution in [1.82, 2.24) is 15.1 Å². The summed E-state index contributed by atoms with van der Waals surface area (Å²) in [5.41, 5.74) is 4.31.